The maximum absolute atomic E-state index is 13.3. The van der Waals surface area contributed by atoms with Crippen LogP contribution in [-0.4, -0.2) is 68.4 Å². The number of anilines is 1. The number of rotatable bonds is 8. The van der Waals surface area contributed by atoms with Crippen molar-refractivity contribution in [2.24, 2.45) is 5.92 Å². The highest BCUT2D eigenvalue weighted by atomic mass is 35.5. The number of hydrogen-bond acceptors (Lipinski definition) is 11. The lowest BCUT2D eigenvalue weighted by Gasteiger charge is -2.36. The monoisotopic (exact) mass is 532 g/mol. The molecule has 0 saturated carbocycles. The number of nitrogens with one attached hydrogen (secondary N) is 1. The lowest BCUT2D eigenvalue weighted by molar-refractivity contribution is -0.147. The Hall–Kier alpha value is -2.02. The zero-order valence-corrected chi connectivity index (χ0v) is 21.8. The van der Waals surface area contributed by atoms with Crippen molar-refractivity contribution in [2.75, 3.05) is 25.6 Å². The van der Waals surface area contributed by atoms with Gasteiger partial charge in [-0.05, 0) is 20.8 Å². The van der Waals surface area contributed by atoms with Crippen LogP contribution >= 0.6 is 19.3 Å². The summed E-state index contributed by atoms with van der Waals surface area (Å²) in [6.45, 7) is 9.05. The Labute approximate surface area is 207 Å². The molecule has 0 spiro atoms. The summed E-state index contributed by atoms with van der Waals surface area (Å²) in [7, 11) is -3.78. The highest BCUT2D eigenvalue weighted by Crippen LogP contribution is 2.57. The first-order valence-corrected chi connectivity index (χ1v) is 13.2. The maximum Gasteiger partial charge on any atom is 0.406 e. The molecule has 6 atom stereocenters. The minimum Gasteiger partial charge on any atom is -0.476 e. The molecule has 2 fully saturated rings. The number of esters is 1. The van der Waals surface area contributed by atoms with Crippen LogP contribution in [0.15, 0.2) is 6.33 Å². The number of hydrogen-bond donors (Lipinski definition) is 2. The number of imidazole rings is 1. The van der Waals surface area contributed by atoms with Gasteiger partial charge < -0.3 is 19.9 Å². The fraction of sp³-hybridized carbons (Fsp3) is 0.700. The molecule has 2 saturated heterocycles. The van der Waals surface area contributed by atoms with Gasteiger partial charge in [-0.25, -0.2) is 14.6 Å². The summed E-state index contributed by atoms with van der Waals surface area (Å²) in [5.74, 6) is -0.363. The van der Waals surface area contributed by atoms with Gasteiger partial charge in [0.05, 0.1) is 25.5 Å². The molecule has 15 heteroatoms. The first kappa shape index (κ1) is 26.1. The third-order valence-corrected chi connectivity index (χ3v) is 7.76. The third-order valence-electron chi connectivity index (χ3n) is 5.61. The van der Waals surface area contributed by atoms with E-state index in [1.54, 1.807) is 32.3 Å². The van der Waals surface area contributed by atoms with Crippen molar-refractivity contribution < 1.29 is 32.6 Å². The van der Waals surface area contributed by atoms with Crippen molar-refractivity contribution in [3.05, 3.63) is 6.33 Å². The van der Waals surface area contributed by atoms with Gasteiger partial charge in [0.25, 0.3) is 0 Å². The van der Waals surface area contributed by atoms with E-state index in [-0.39, 0.29) is 36.9 Å². The van der Waals surface area contributed by atoms with E-state index in [1.807, 2.05) is 6.92 Å². The first-order chi connectivity index (χ1) is 16.4. The number of carbonyl (C=O) groups excluding carboxylic acids is 1. The number of halogens is 1. The molecule has 0 aromatic carbocycles. The molecule has 13 nitrogen and oxygen atoms in total. The van der Waals surface area contributed by atoms with E-state index in [2.05, 4.69) is 20.0 Å². The Balaban J connectivity index is 1.53. The van der Waals surface area contributed by atoms with Gasteiger partial charge in [-0.2, -0.15) is 9.97 Å². The van der Waals surface area contributed by atoms with Crippen LogP contribution in [0.3, 0.4) is 0 Å². The number of alkyl halides is 1. The lowest BCUT2D eigenvalue weighted by Crippen LogP contribution is -2.46. The van der Waals surface area contributed by atoms with E-state index < -0.39 is 37.1 Å². The van der Waals surface area contributed by atoms with Crippen molar-refractivity contribution in [1.82, 2.24) is 24.6 Å². The predicted octanol–water partition coefficient (Wildman–Crippen LogP) is 2.40. The summed E-state index contributed by atoms with van der Waals surface area (Å²) < 4.78 is 43.2. The summed E-state index contributed by atoms with van der Waals surface area (Å²) in [6, 6.07) is -0.492. The summed E-state index contributed by atoms with van der Waals surface area (Å²) in [5.41, 5.74) is 6.65. The molecule has 0 unspecified atom stereocenters. The quantitative estimate of drug-likeness (QED) is 0.290. The van der Waals surface area contributed by atoms with E-state index in [4.69, 9.17) is 40.6 Å². The molecule has 35 heavy (non-hydrogen) atoms. The van der Waals surface area contributed by atoms with Crippen LogP contribution < -0.4 is 15.6 Å². The van der Waals surface area contributed by atoms with Gasteiger partial charge >= 0.3 is 13.7 Å². The highest BCUT2D eigenvalue weighted by Gasteiger charge is 2.60. The predicted molar refractivity (Wildman–Crippen MR) is 126 cm³/mol. The smallest absolute Gasteiger partial charge is 0.406 e. The van der Waals surface area contributed by atoms with Crippen molar-refractivity contribution >= 4 is 42.4 Å². The first-order valence-electron chi connectivity index (χ1n) is 11.3. The van der Waals surface area contributed by atoms with E-state index in [0.29, 0.717) is 17.8 Å². The summed E-state index contributed by atoms with van der Waals surface area (Å²) in [5, 5.41) is 2.79. The zero-order valence-electron chi connectivity index (χ0n) is 20.1. The van der Waals surface area contributed by atoms with Gasteiger partial charge in [-0.1, -0.05) is 13.8 Å². The fourth-order valence-electron chi connectivity index (χ4n) is 3.92. The van der Waals surface area contributed by atoms with E-state index in [9.17, 15) is 9.36 Å². The molecule has 0 radical (unpaired) electrons. The molecule has 0 amide bonds. The second-order valence-electron chi connectivity index (χ2n) is 8.96. The molecular weight excluding hydrogens is 503 g/mol. The van der Waals surface area contributed by atoms with Crippen molar-refractivity contribution in [1.29, 1.82) is 0 Å². The minimum atomic E-state index is -3.78. The summed E-state index contributed by atoms with van der Waals surface area (Å²) in [6.07, 6.45) is -0.695. The van der Waals surface area contributed by atoms with Crippen molar-refractivity contribution in [2.45, 2.75) is 64.0 Å². The standard InChI is InChI=1S/C20H30ClN6O7P/c1-6-30-16-13-15(24-19(22)25-16)27(9-23-13)18-20(5,21)14-12(33-18)8-32-35(29,34-14)26-11(4)7-31-17(28)10(2)3/h9-12,14,18H,6-8H2,1-5H3,(H,26,29)(H2,22,24,25)/t11-,12-,14-,18-,20-,35-/m1/s1. The number of fused-ring (bicyclic) bond motifs is 2. The van der Waals surface area contributed by atoms with Crippen LogP contribution in [0.5, 0.6) is 5.88 Å². The number of aromatic nitrogens is 4. The summed E-state index contributed by atoms with van der Waals surface area (Å²) in [4.78, 5) is 23.3. The lowest BCUT2D eigenvalue weighted by atomic mass is 10.0. The normalized spacial score (nSPS) is 31.5. The second kappa shape index (κ2) is 9.79. The van der Waals surface area contributed by atoms with Crippen LogP contribution in [-0.2, 0) is 27.9 Å². The van der Waals surface area contributed by atoms with Crippen molar-refractivity contribution in [3.8, 4) is 5.88 Å². The average molecular weight is 533 g/mol. The number of carbonyl (C=O) groups is 1. The van der Waals surface area contributed by atoms with Gasteiger partial charge in [0, 0.05) is 6.04 Å². The Kier molecular flexibility index (Phi) is 7.29. The molecule has 4 heterocycles. The summed E-state index contributed by atoms with van der Waals surface area (Å²) >= 11 is 6.96. The maximum atomic E-state index is 13.3. The molecule has 2 aromatic rings. The molecule has 4 rings (SSSR count). The molecular formula is C20H30ClN6O7P. The van der Waals surface area contributed by atoms with Gasteiger partial charge in [-0.3, -0.25) is 18.4 Å². The molecule has 0 bridgehead atoms. The van der Waals surface area contributed by atoms with Crippen LogP contribution in [0.25, 0.3) is 11.2 Å². The van der Waals surface area contributed by atoms with Crippen LogP contribution in [0.1, 0.15) is 40.8 Å². The zero-order chi connectivity index (χ0) is 25.5. The Morgan fingerprint density at radius 2 is 2.17 bits per heavy atom. The number of nitrogen functional groups attached to an aromatic ring is 1. The van der Waals surface area contributed by atoms with E-state index >= 15 is 0 Å². The highest BCUT2D eigenvalue weighted by molar-refractivity contribution is 7.51. The molecule has 3 N–H and O–H groups in total. The molecule has 2 aliphatic heterocycles. The molecule has 2 aliphatic rings. The van der Waals surface area contributed by atoms with Gasteiger partial charge in [-0.15, -0.1) is 11.6 Å². The van der Waals surface area contributed by atoms with Crippen LogP contribution in [0.4, 0.5) is 5.95 Å². The van der Waals surface area contributed by atoms with Gasteiger partial charge in [0.2, 0.25) is 11.8 Å². The second-order valence-corrected chi connectivity index (χ2v) is 11.5. The van der Waals surface area contributed by atoms with Crippen LogP contribution in [0, 0.1) is 5.92 Å². The average Bonchev–Trinajstić information content (AvgIpc) is 3.30. The van der Waals surface area contributed by atoms with Gasteiger partial charge in [0.15, 0.2) is 17.4 Å². The largest absolute Gasteiger partial charge is 0.476 e. The van der Waals surface area contributed by atoms with E-state index in [1.165, 1.54) is 6.33 Å². The third kappa shape index (κ3) is 5.11. The van der Waals surface area contributed by atoms with Gasteiger partial charge in [0.1, 0.15) is 23.7 Å². The number of nitrogens with zero attached hydrogens (tertiary/aromatic N) is 4. The fourth-order valence-corrected chi connectivity index (χ4v) is 6.14. The van der Waals surface area contributed by atoms with E-state index in [0.717, 1.165) is 0 Å². The minimum absolute atomic E-state index is 0.00338. The molecule has 194 valence electrons. The van der Waals surface area contributed by atoms with Crippen LogP contribution in [0.2, 0.25) is 0 Å². The Morgan fingerprint density at radius 1 is 1.43 bits per heavy atom. The Bertz CT molecular complexity index is 1140. The SMILES string of the molecule is CCOc1nc(N)nc2c1ncn2[C@@H]1O[C@@H]2CO[P@](=O)(N[C@H](C)COC(=O)C(C)C)O[C@H]2[C@@]1(C)Cl. The number of nitrogens with two attached hydrogens (primary N) is 1. The Morgan fingerprint density at radius 3 is 2.86 bits per heavy atom. The van der Waals surface area contributed by atoms with Crippen molar-refractivity contribution in [3.63, 3.8) is 0 Å². The topological polar surface area (TPSA) is 162 Å². The number of ether oxygens (including phenoxy) is 3. The molecule has 2 aromatic heterocycles. The molecule has 0 aliphatic carbocycles.